The van der Waals surface area contributed by atoms with E-state index < -0.39 is 0 Å². The van der Waals surface area contributed by atoms with Crippen molar-refractivity contribution in [1.29, 1.82) is 0 Å². The highest BCUT2D eigenvalue weighted by atomic mass is 16.5. The predicted octanol–water partition coefficient (Wildman–Crippen LogP) is 2.68. The molecule has 1 N–H and O–H groups in total. The third-order valence-electron chi connectivity index (χ3n) is 2.70. The summed E-state index contributed by atoms with van der Waals surface area (Å²) in [5.74, 6) is 1.02. The first kappa shape index (κ1) is 10.2. The minimum Gasteiger partial charge on any atom is -0.493 e. The van der Waals surface area contributed by atoms with Crippen molar-refractivity contribution in [3.63, 3.8) is 0 Å². The molecule has 2 heteroatoms. The molecular formula is C13H17NO. The Bertz CT molecular complexity index is 335. The van der Waals surface area contributed by atoms with Gasteiger partial charge < -0.3 is 10.1 Å². The fourth-order valence-electron chi connectivity index (χ4n) is 1.96. The second-order valence-corrected chi connectivity index (χ2v) is 3.78. The number of rotatable bonds is 3. The van der Waals surface area contributed by atoms with E-state index in [1.807, 2.05) is 18.2 Å². The first-order valence-electron chi connectivity index (χ1n) is 5.48. The van der Waals surface area contributed by atoms with Crippen molar-refractivity contribution in [2.75, 3.05) is 13.2 Å². The molecule has 1 aliphatic rings. The maximum absolute atomic E-state index is 5.69. The lowest BCUT2D eigenvalue weighted by Gasteiger charge is -2.17. The number of nitrogens with one attached hydrogen (secondary N) is 1. The highest BCUT2D eigenvalue weighted by Gasteiger charge is 2.17. The lowest BCUT2D eigenvalue weighted by molar-refractivity contribution is 0.315. The maximum Gasteiger partial charge on any atom is 0.124 e. The SMILES string of the molecule is C=CCN[C@H]1CCCOc2ccccc21. The number of hydrogen-bond acceptors (Lipinski definition) is 2. The van der Waals surface area contributed by atoms with Crippen LogP contribution in [0.15, 0.2) is 36.9 Å². The summed E-state index contributed by atoms with van der Waals surface area (Å²) < 4.78 is 5.69. The Labute approximate surface area is 91.0 Å². The van der Waals surface area contributed by atoms with Crippen molar-refractivity contribution in [3.05, 3.63) is 42.5 Å². The van der Waals surface area contributed by atoms with Crippen molar-refractivity contribution in [2.45, 2.75) is 18.9 Å². The second-order valence-electron chi connectivity index (χ2n) is 3.78. The van der Waals surface area contributed by atoms with Crippen molar-refractivity contribution in [1.82, 2.24) is 5.32 Å². The molecule has 0 saturated carbocycles. The van der Waals surface area contributed by atoms with Crippen LogP contribution in [0.1, 0.15) is 24.4 Å². The first-order chi connectivity index (χ1) is 7.42. The van der Waals surface area contributed by atoms with Gasteiger partial charge in [0.1, 0.15) is 5.75 Å². The topological polar surface area (TPSA) is 21.3 Å². The molecular weight excluding hydrogens is 186 g/mol. The van der Waals surface area contributed by atoms with Crippen LogP contribution in [0.3, 0.4) is 0 Å². The Hall–Kier alpha value is -1.28. The van der Waals surface area contributed by atoms with Gasteiger partial charge >= 0.3 is 0 Å². The number of ether oxygens (including phenoxy) is 1. The summed E-state index contributed by atoms with van der Waals surface area (Å²) in [6.45, 7) is 5.40. The molecule has 2 rings (SSSR count). The molecule has 1 aromatic carbocycles. The largest absolute Gasteiger partial charge is 0.493 e. The van der Waals surface area contributed by atoms with Gasteiger partial charge in [0.25, 0.3) is 0 Å². The molecule has 0 radical (unpaired) electrons. The fraction of sp³-hybridized carbons (Fsp3) is 0.385. The van der Waals surface area contributed by atoms with Gasteiger partial charge in [-0.25, -0.2) is 0 Å². The highest BCUT2D eigenvalue weighted by molar-refractivity contribution is 5.36. The summed E-state index contributed by atoms with van der Waals surface area (Å²) in [6.07, 6.45) is 4.13. The number of benzene rings is 1. The second kappa shape index (κ2) is 4.99. The summed E-state index contributed by atoms with van der Waals surface area (Å²) in [4.78, 5) is 0. The van der Waals surface area contributed by atoms with Crippen molar-refractivity contribution in [2.24, 2.45) is 0 Å². The number of fused-ring (bicyclic) bond motifs is 1. The van der Waals surface area contributed by atoms with Crippen LogP contribution in [0.4, 0.5) is 0 Å². The van der Waals surface area contributed by atoms with Crippen LogP contribution in [0.2, 0.25) is 0 Å². The molecule has 1 heterocycles. The van der Waals surface area contributed by atoms with Gasteiger partial charge in [-0.15, -0.1) is 6.58 Å². The van der Waals surface area contributed by atoms with Gasteiger partial charge in [0.2, 0.25) is 0 Å². The summed E-state index contributed by atoms with van der Waals surface area (Å²) in [5.41, 5.74) is 1.27. The molecule has 0 fully saturated rings. The third-order valence-corrected chi connectivity index (χ3v) is 2.70. The third kappa shape index (κ3) is 2.39. The quantitative estimate of drug-likeness (QED) is 0.763. The minimum atomic E-state index is 0.404. The van der Waals surface area contributed by atoms with E-state index in [0.717, 1.165) is 31.7 Å². The number of hydrogen-bond donors (Lipinski definition) is 1. The van der Waals surface area contributed by atoms with Crippen LogP contribution in [0.5, 0.6) is 5.75 Å². The zero-order valence-electron chi connectivity index (χ0n) is 8.91. The van der Waals surface area contributed by atoms with E-state index in [4.69, 9.17) is 4.74 Å². The van der Waals surface area contributed by atoms with E-state index in [-0.39, 0.29) is 0 Å². The molecule has 0 unspecified atom stereocenters. The molecule has 0 aliphatic carbocycles. The Kier molecular flexibility index (Phi) is 3.41. The summed E-state index contributed by atoms with van der Waals surface area (Å²) in [6, 6.07) is 8.68. The van der Waals surface area contributed by atoms with Gasteiger partial charge in [-0.3, -0.25) is 0 Å². The Morgan fingerprint density at radius 3 is 3.20 bits per heavy atom. The zero-order chi connectivity index (χ0) is 10.5. The van der Waals surface area contributed by atoms with Gasteiger partial charge in [-0.1, -0.05) is 24.3 Å². The molecule has 80 valence electrons. The van der Waals surface area contributed by atoms with E-state index in [1.54, 1.807) is 0 Å². The monoisotopic (exact) mass is 203 g/mol. The van der Waals surface area contributed by atoms with Crippen LogP contribution in [0.25, 0.3) is 0 Å². The smallest absolute Gasteiger partial charge is 0.124 e. The van der Waals surface area contributed by atoms with Crippen LogP contribution in [-0.4, -0.2) is 13.2 Å². The molecule has 0 aromatic heterocycles. The van der Waals surface area contributed by atoms with E-state index in [2.05, 4.69) is 24.0 Å². The molecule has 0 spiro atoms. The highest BCUT2D eigenvalue weighted by Crippen LogP contribution is 2.30. The molecule has 1 atom stereocenters. The zero-order valence-corrected chi connectivity index (χ0v) is 8.91. The van der Waals surface area contributed by atoms with Crippen LogP contribution < -0.4 is 10.1 Å². The average Bonchev–Trinajstić information content (AvgIpc) is 2.49. The lowest BCUT2D eigenvalue weighted by Crippen LogP contribution is -2.20. The van der Waals surface area contributed by atoms with Gasteiger partial charge in [-0.05, 0) is 18.9 Å². The summed E-state index contributed by atoms with van der Waals surface area (Å²) >= 11 is 0. The maximum atomic E-state index is 5.69. The van der Waals surface area contributed by atoms with E-state index in [1.165, 1.54) is 5.56 Å². The van der Waals surface area contributed by atoms with Crippen LogP contribution in [0, 0.1) is 0 Å². The average molecular weight is 203 g/mol. The molecule has 0 saturated heterocycles. The van der Waals surface area contributed by atoms with Crippen molar-refractivity contribution >= 4 is 0 Å². The van der Waals surface area contributed by atoms with Crippen LogP contribution in [-0.2, 0) is 0 Å². The minimum absolute atomic E-state index is 0.404. The number of para-hydroxylation sites is 1. The van der Waals surface area contributed by atoms with E-state index in [9.17, 15) is 0 Å². The molecule has 1 aliphatic heterocycles. The molecule has 0 bridgehead atoms. The van der Waals surface area contributed by atoms with Crippen molar-refractivity contribution in [3.8, 4) is 5.75 Å². The van der Waals surface area contributed by atoms with Gasteiger partial charge in [0.15, 0.2) is 0 Å². The van der Waals surface area contributed by atoms with E-state index in [0.29, 0.717) is 6.04 Å². The molecule has 2 nitrogen and oxygen atoms in total. The van der Waals surface area contributed by atoms with Gasteiger partial charge in [0, 0.05) is 18.2 Å². The Morgan fingerprint density at radius 2 is 2.33 bits per heavy atom. The molecule has 1 aromatic rings. The predicted molar refractivity (Wildman–Crippen MR) is 62.1 cm³/mol. The van der Waals surface area contributed by atoms with E-state index >= 15 is 0 Å². The Morgan fingerprint density at radius 1 is 1.47 bits per heavy atom. The summed E-state index contributed by atoms with van der Waals surface area (Å²) in [7, 11) is 0. The van der Waals surface area contributed by atoms with Gasteiger partial charge in [0.05, 0.1) is 6.61 Å². The van der Waals surface area contributed by atoms with Crippen LogP contribution >= 0.6 is 0 Å². The summed E-state index contributed by atoms with van der Waals surface area (Å²) in [5, 5.41) is 3.47. The fourth-order valence-corrected chi connectivity index (χ4v) is 1.96. The lowest BCUT2D eigenvalue weighted by atomic mass is 10.0. The normalized spacial score (nSPS) is 19.9. The van der Waals surface area contributed by atoms with Gasteiger partial charge in [-0.2, -0.15) is 0 Å². The van der Waals surface area contributed by atoms with Crippen molar-refractivity contribution < 1.29 is 4.74 Å². The standard InChI is InChI=1S/C13H17NO/c1-2-9-14-12-7-5-10-15-13-8-4-3-6-11(12)13/h2-4,6,8,12,14H,1,5,7,9-10H2/t12-/m0/s1. The first-order valence-corrected chi connectivity index (χ1v) is 5.48. The Balaban J connectivity index is 2.20. The molecule has 15 heavy (non-hydrogen) atoms. The molecule has 0 amide bonds.